The zero-order chi connectivity index (χ0) is 19.7. The molecule has 1 unspecified atom stereocenters. The van der Waals surface area contributed by atoms with Crippen LogP contribution in [0.2, 0.25) is 0 Å². The lowest BCUT2D eigenvalue weighted by atomic mass is 9.96. The van der Waals surface area contributed by atoms with Crippen LogP contribution in [0.15, 0.2) is 41.1 Å². The molecule has 7 nitrogen and oxygen atoms in total. The van der Waals surface area contributed by atoms with Crippen molar-refractivity contribution in [3.63, 3.8) is 0 Å². The van der Waals surface area contributed by atoms with Gasteiger partial charge in [-0.1, -0.05) is 28.1 Å². The zero-order valence-electron chi connectivity index (χ0n) is 16.0. The van der Waals surface area contributed by atoms with Gasteiger partial charge in [-0.2, -0.15) is 5.10 Å². The molecule has 8 heteroatoms. The number of benzene rings is 1. The first-order chi connectivity index (χ1) is 13.5. The summed E-state index contributed by atoms with van der Waals surface area (Å²) in [6, 6.07) is 10.0. The highest BCUT2D eigenvalue weighted by Crippen LogP contribution is 2.28. The van der Waals surface area contributed by atoms with E-state index in [1.165, 1.54) is 0 Å². The third-order valence-electron chi connectivity index (χ3n) is 5.18. The first-order valence-corrected chi connectivity index (χ1v) is 10.3. The summed E-state index contributed by atoms with van der Waals surface area (Å²) in [4.78, 5) is 14.9. The number of likely N-dealkylation sites (tertiary alicyclic amines) is 1. The van der Waals surface area contributed by atoms with Gasteiger partial charge in [-0.25, -0.2) is 0 Å². The molecule has 0 spiro atoms. The van der Waals surface area contributed by atoms with Gasteiger partial charge in [0.2, 0.25) is 0 Å². The number of piperidine rings is 1. The second-order valence-corrected chi connectivity index (χ2v) is 8.37. The lowest BCUT2D eigenvalue weighted by Crippen LogP contribution is -2.40. The van der Waals surface area contributed by atoms with E-state index in [4.69, 9.17) is 0 Å². The highest BCUT2D eigenvalue weighted by atomic mass is 79.9. The number of carbonyl (C=O) groups excluding carboxylic acids is 1. The smallest absolute Gasteiger partial charge is 0.271 e. The normalized spacial score (nSPS) is 17.3. The van der Waals surface area contributed by atoms with E-state index >= 15 is 0 Å². The number of nitrogens with one attached hydrogen (secondary N) is 1. The molecule has 28 heavy (non-hydrogen) atoms. The fourth-order valence-electron chi connectivity index (χ4n) is 3.68. The molecular formula is C20H23BrN6O. The van der Waals surface area contributed by atoms with Crippen LogP contribution >= 0.6 is 15.9 Å². The molecule has 1 N–H and O–H groups in total. The Hall–Kier alpha value is -2.48. The van der Waals surface area contributed by atoms with Gasteiger partial charge in [-0.3, -0.25) is 9.89 Å². The Labute approximate surface area is 172 Å². The SMILES string of the molecule is CC(C)n1cnnc1C1CCCN(C(=O)c2cc(-c3ccc(Br)cc3)n[nH]2)C1. The van der Waals surface area contributed by atoms with Gasteiger partial charge in [0.05, 0.1) is 5.69 Å². The largest absolute Gasteiger partial charge is 0.337 e. The first kappa shape index (κ1) is 18.9. The minimum atomic E-state index is -0.0174. The number of carbonyl (C=O) groups is 1. The summed E-state index contributed by atoms with van der Waals surface area (Å²) < 4.78 is 3.11. The van der Waals surface area contributed by atoms with E-state index in [0.29, 0.717) is 18.3 Å². The zero-order valence-corrected chi connectivity index (χ0v) is 17.6. The van der Waals surface area contributed by atoms with E-state index in [-0.39, 0.29) is 11.8 Å². The molecular weight excluding hydrogens is 420 g/mol. The average molecular weight is 443 g/mol. The molecule has 0 bridgehead atoms. The summed E-state index contributed by atoms with van der Waals surface area (Å²) in [7, 11) is 0. The van der Waals surface area contributed by atoms with Crippen molar-refractivity contribution >= 4 is 21.8 Å². The number of halogens is 1. The Kier molecular flexibility index (Phi) is 5.30. The van der Waals surface area contributed by atoms with Crippen LogP contribution in [0.25, 0.3) is 11.3 Å². The highest BCUT2D eigenvalue weighted by molar-refractivity contribution is 9.10. The fourth-order valence-corrected chi connectivity index (χ4v) is 3.95. The molecule has 1 amide bonds. The maximum Gasteiger partial charge on any atom is 0.271 e. The average Bonchev–Trinajstić information content (AvgIpc) is 3.38. The third-order valence-corrected chi connectivity index (χ3v) is 5.71. The first-order valence-electron chi connectivity index (χ1n) is 9.53. The number of aromatic amines is 1. The standard InChI is InChI=1S/C20H23BrN6O/c1-13(2)27-12-22-25-19(27)15-4-3-9-26(11-15)20(28)18-10-17(23-24-18)14-5-7-16(21)8-6-14/h5-8,10,12-13,15H,3-4,9,11H2,1-2H3,(H,23,24). The summed E-state index contributed by atoms with van der Waals surface area (Å²) in [6.07, 6.45) is 3.75. The predicted octanol–water partition coefficient (Wildman–Crippen LogP) is 4.03. The number of rotatable bonds is 4. The number of nitrogens with zero attached hydrogens (tertiary/aromatic N) is 5. The van der Waals surface area contributed by atoms with Crippen molar-refractivity contribution in [3.05, 3.63) is 52.7 Å². The van der Waals surface area contributed by atoms with Crippen molar-refractivity contribution in [1.29, 1.82) is 0 Å². The van der Waals surface area contributed by atoms with E-state index in [1.807, 2.05) is 35.2 Å². The van der Waals surface area contributed by atoms with Crippen LogP contribution in [0.5, 0.6) is 0 Å². The van der Waals surface area contributed by atoms with Crippen molar-refractivity contribution in [1.82, 2.24) is 29.9 Å². The molecule has 2 aromatic heterocycles. The number of aromatic nitrogens is 5. The van der Waals surface area contributed by atoms with E-state index in [9.17, 15) is 4.79 Å². The van der Waals surface area contributed by atoms with Gasteiger partial charge in [0.25, 0.3) is 5.91 Å². The number of amides is 1. The predicted molar refractivity (Wildman–Crippen MR) is 110 cm³/mol. The van der Waals surface area contributed by atoms with Crippen LogP contribution in [0, 0.1) is 0 Å². The van der Waals surface area contributed by atoms with Gasteiger partial charge in [0, 0.05) is 35.1 Å². The van der Waals surface area contributed by atoms with E-state index in [1.54, 1.807) is 6.33 Å². The molecule has 3 heterocycles. The number of hydrogen-bond acceptors (Lipinski definition) is 4. The van der Waals surface area contributed by atoms with Crippen LogP contribution in [0.3, 0.4) is 0 Å². The van der Waals surface area contributed by atoms with Crippen molar-refractivity contribution in [3.8, 4) is 11.3 Å². The summed E-state index contributed by atoms with van der Waals surface area (Å²) in [5.74, 6) is 1.15. The molecule has 1 fully saturated rings. The summed E-state index contributed by atoms with van der Waals surface area (Å²) in [6.45, 7) is 5.63. The van der Waals surface area contributed by atoms with Crippen LogP contribution in [0.4, 0.5) is 0 Å². The Morgan fingerprint density at radius 2 is 2.07 bits per heavy atom. The molecule has 1 saturated heterocycles. The number of H-pyrrole nitrogens is 1. The Morgan fingerprint density at radius 1 is 1.29 bits per heavy atom. The molecule has 146 valence electrons. The van der Waals surface area contributed by atoms with Gasteiger partial charge in [0.15, 0.2) is 0 Å². The molecule has 4 rings (SSSR count). The summed E-state index contributed by atoms with van der Waals surface area (Å²) in [5.41, 5.74) is 2.26. The Bertz CT molecular complexity index is 961. The summed E-state index contributed by atoms with van der Waals surface area (Å²) in [5, 5.41) is 15.6. The van der Waals surface area contributed by atoms with Crippen LogP contribution in [-0.2, 0) is 0 Å². The number of hydrogen-bond donors (Lipinski definition) is 1. The highest BCUT2D eigenvalue weighted by Gasteiger charge is 2.29. The summed E-state index contributed by atoms with van der Waals surface area (Å²) >= 11 is 3.43. The molecule has 1 aromatic carbocycles. The molecule has 0 aliphatic carbocycles. The molecule has 1 aliphatic rings. The third kappa shape index (κ3) is 3.73. The fraction of sp³-hybridized carbons (Fsp3) is 0.400. The van der Waals surface area contributed by atoms with Crippen molar-refractivity contribution in [2.75, 3.05) is 13.1 Å². The molecule has 3 aromatic rings. The maximum atomic E-state index is 13.0. The Balaban J connectivity index is 1.50. The minimum Gasteiger partial charge on any atom is -0.337 e. The van der Waals surface area contributed by atoms with Crippen molar-refractivity contribution in [2.24, 2.45) is 0 Å². The van der Waals surface area contributed by atoms with E-state index < -0.39 is 0 Å². The van der Waals surface area contributed by atoms with Gasteiger partial charge in [-0.05, 0) is 44.9 Å². The molecule has 0 radical (unpaired) electrons. The second kappa shape index (κ2) is 7.87. The van der Waals surface area contributed by atoms with Crippen LogP contribution < -0.4 is 0 Å². The minimum absolute atomic E-state index is 0.0174. The van der Waals surface area contributed by atoms with Gasteiger partial charge in [-0.15, -0.1) is 10.2 Å². The maximum absolute atomic E-state index is 13.0. The second-order valence-electron chi connectivity index (χ2n) is 7.45. The molecule has 1 atom stereocenters. The van der Waals surface area contributed by atoms with Crippen molar-refractivity contribution in [2.45, 2.75) is 38.6 Å². The van der Waals surface area contributed by atoms with Crippen molar-refractivity contribution < 1.29 is 4.79 Å². The van der Waals surface area contributed by atoms with E-state index in [2.05, 4.69) is 54.7 Å². The Morgan fingerprint density at radius 3 is 2.82 bits per heavy atom. The van der Waals surface area contributed by atoms with Gasteiger partial charge >= 0.3 is 0 Å². The van der Waals surface area contributed by atoms with E-state index in [0.717, 1.165) is 40.9 Å². The van der Waals surface area contributed by atoms with Crippen LogP contribution in [0.1, 0.15) is 55.0 Å². The lowest BCUT2D eigenvalue weighted by molar-refractivity contribution is 0.0697. The van der Waals surface area contributed by atoms with Gasteiger partial charge in [0.1, 0.15) is 17.8 Å². The lowest BCUT2D eigenvalue weighted by Gasteiger charge is -2.32. The monoisotopic (exact) mass is 442 g/mol. The van der Waals surface area contributed by atoms with Crippen LogP contribution in [-0.4, -0.2) is 48.9 Å². The quantitative estimate of drug-likeness (QED) is 0.661. The molecule has 1 aliphatic heterocycles. The topological polar surface area (TPSA) is 79.7 Å². The van der Waals surface area contributed by atoms with Gasteiger partial charge < -0.3 is 9.47 Å². The molecule has 0 saturated carbocycles.